The number of hydrogen-bond donors (Lipinski definition) is 1. The van der Waals surface area contributed by atoms with E-state index in [1.807, 2.05) is 6.92 Å². The largest absolute Gasteiger partial charge is 0.494 e. The molecule has 0 fully saturated rings. The first-order valence-corrected chi connectivity index (χ1v) is 12.1. The van der Waals surface area contributed by atoms with Crippen LogP contribution in [0.4, 0.5) is 5.69 Å². The highest BCUT2D eigenvalue weighted by molar-refractivity contribution is 9.10. The molecule has 0 radical (unpaired) electrons. The van der Waals surface area contributed by atoms with Crippen molar-refractivity contribution in [3.05, 3.63) is 58.9 Å². The summed E-state index contributed by atoms with van der Waals surface area (Å²) >= 11 is 3.31. The Balaban J connectivity index is 2.11. The van der Waals surface area contributed by atoms with Crippen LogP contribution in [0.5, 0.6) is 11.5 Å². The first-order chi connectivity index (χ1) is 14.8. The highest BCUT2D eigenvalue weighted by atomic mass is 79.9. The Morgan fingerprint density at radius 1 is 1.10 bits per heavy atom. The zero-order valence-electron chi connectivity index (χ0n) is 17.6. The Hall–Kier alpha value is -2.52. The van der Waals surface area contributed by atoms with E-state index in [0.717, 1.165) is 17.3 Å². The number of sulfone groups is 1. The molecule has 0 aromatic heterocycles. The van der Waals surface area contributed by atoms with E-state index in [1.165, 1.54) is 32.4 Å². The highest BCUT2D eigenvalue weighted by Crippen LogP contribution is 2.42. The molecule has 0 aliphatic carbocycles. The third kappa shape index (κ3) is 4.72. The fraction of sp³-hybridized carbons (Fsp3) is 0.318. The topological polar surface area (TPSA) is 88.4 Å². The number of ether oxygens (including phenoxy) is 2. The SMILES string of the molecule is CCCCC1N=C(S(=O)(=O)c2ccc(Br)cc2)C=C(O)N1c1c(OC)cccc1OC. The van der Waals surface area contributed by atoms with Gasteiger partial charge in [-0.25, -0.2) is 13.4 Å². The van der Waals surface area contributed by atoms with Crippen molar-refractivity contribution in [1.82, 2.24) is 0 Å². The summed E-state index contributed by atoms with van der Waals surface area (Å²) in [6.07, 6.45) is 2.75. The first kappa shape index (κ1) is 23.1. The van der Waals surface area contributed by atoms with Crippen LogP contribution in [-0.4, -0.2) is 39.0 Å². The molecule has 0 saturated heterocycles. The number of nitrogens with zero attached hydrogens (tertiary/aromatic N) is 2. The van der Waals surface area contributed by atoms with Crippen LogP contribution < -0.4 is 14.4 Å². The molecule has 7 nitrogen and oxygen atoms in total. The number of unbranched alkanes of at least 4 members (excludes halogenated alkanes) is 1. The lowest BCUT2D eigenvalue weighted by Crippen LogP contribution is -2.39. The van der Waals surface area contributed by atoms with Crippen molar-refractivity contribution in [2.24, 2.45) is 4.99 Å². The van der Waals surface area contributed by atoms with Crippen LogP contribution in [0.3, 0.4) is 0 Å². The number of hydrogen-bond acceptors (Lipinski definition) is 7. The van der Waals surface area contributed by atoms with Gasteiger partial charge in [0.2, 0.25) is 9.84 Å². The minimum absolute atomic E-state index is 0.107. The van der Waals surface area contributed by atoms with Crippen molar-refractivity contribution in [3.8, 4) is 11.5 Å². The minimum Gasteiger partial charge on any atom is -0.494 e. The van der Waals surface area contributed by atoms with Crippen molar-refractivity contribution < 1.29 is 23.0 Å². The quantitative estimate of drug-likeness (QED) is 0.561. The summed E-state index contributed by atoms with van der Waals surface area (Å²) in [4.78, 5) is 6.22. The number of benzene rings is 2. The summed E-state index contributed by atoms with van der Waals surface area (Å²) in [5.41, 5.74) is 0.492. The Labute approximate surface area is 191 Å². The van der Waals surface area contributed by atoms with E-state index in [-0.39, 0.29) is 15.8 Å². The van der Waals surface area contributed by atoms with E-state index in [4.69, 9.17) is 9.47 Å². The number of methoxy groups -OCH3 is 2. The first-order valence-electron chi connectivity index (χ1n) is 9.82. The number of para-hydroxylation sites is 1. The fourth-order valence-corrected chi connectivity index (χ4v) is 4.89. The molecule has 3 rings (SSSR count). The van der Waals surface area contributed by atoms with Crippen molar-refractivity contribution in [3.63, 3.8) is 0 Å². The second kappa shape index (κ2) is 9.74. The van der Waals surface area contributed by atoms with Crippen molar-refractivity contribution >= 4 is 36.5 Å². The number of rotatable bonds is 7. The number of aliphatic hydroxyl groups excluding tert-OH is 1. The second-order valence-corrected chi connectivity index (χ2v) is 9.74. The van der Waals surface area contributed by atoms with Crippen LogP contribution in [0.15, 0.2) is 68.8 Å². The molecule has 2 aromatic rings. The maximum absolute atomic E-state index is 13.2. The van der Waals surface area contributed by atoms with Gasteiger partial charge in [0.05, 0.1) is 19.1 Å². The molecule has 166 valence electrons. The number of aliphatic imine (C=N–C) groups is 1. The van der Waals surface area contributed by atoms with Gasteiger partial charge in [-0.3, -0.25) is 4.90 Å². The molecular weight excluding hydrogens is 484 g/mol. The maximum Gasteiger partial charge on any atom is 0.223 e. The Bertz CT molecular complexity index is 1080. The summed E-state index contributed by atoms with van der Waals surface area (Å²) < 4.78 is 38.1. The molecule has 0 bridgehead atoms. The van der Waals surface area contributed by atoms with E-state index in [9.17, 15) is 13.5 Å². The van der Waals surface area contributed by atoms with Crippen LogP contribution in [0.2, 0.25) is 0 Å². The maximum atomic E-state index is 13.2. The minimum atomic E-state index is -3.90. The lowest BCUT2D eigenvalue weighted by atomic mass is 10.1. The lowest BCUT2D eigenvalue weighted by molar-refractivity contribution is 0.350. The Kier molecular flexibility index (Phi) is 7.27. The van der Waals surface area contributed by atoms with Gasteiger partial charge in [-0.1, -0.05) is 35.3 Å². The zero-order valence-corrected chi connectivity index (χ0v) is 20.0. The summed E-state index contributed by atoms with van der Waals surface area (Å²) in [7, 11) is -0.854. The predicted octanol–water partition coefficient (Wildman–Crippen LogP) is 5.07. The molecule has 1 N–H and O–H groups in total. The highest BCUT2D eigenvalue weighted by Gasteiger charge is 2.34. The van der Waals surface area contributed by atoms with Crippen LogP contribution in [-0.2, 0) is 9.84 Å². The number of anilines is 1. The molecule has 1 heterocycles. The van der Waals surface area contributed by atoms with Crippen LogP contribution >= 0.6 is 15.9 Å². The molecule has 31 heavy (non-hydrogen) atoms. The predicted molar refractivity (Wildman–Crippen MR) is 125 cm³/mol. The van der Waals surface area contributed by atoms with Gasteiger partial charge in [-0.05, 0) is 49.2 Å². The number of aliphatic hydroxyl groups is 1. The van der Waals surface area contributed by atoms with Gasteiger partial charge in [0.25, 0.3) is 0 Å². The van der Waals surface area contributed by atoms with E-state index in [1.54, 1.807) is 35.2 Å². The molecule has 2 aromatic carbocycles. The van der Waals surface area contributed by atoms with Gasteiger partial charge in [0.15, 0.2) is 10.9 Å². The average Bonchev–Trinajstić information content (AvgIpc) is 2.77. The van der Waals surface area contributed by atoms with Gasteiger partial charge in [-0.2, -0.15) is 0 Å². The normalized spacial score (nSPS) is 16.5. The second-order valence-electron chi connectivity index (χ2n) is 6.93. The van der Waals surface area contributed by atoms with E-state index >= 15 is 0 Å². The summed E-state index contributed by atoms with van der Waals surface area (Å²) in [5.74, 6) is 0.722. The lowest BCUT2D eigenvalue weighted by Gasteiger charge is -2.34. The van der Waals surface area contributed by atoms with Crippen molar-refractivity contribution in [2.75, 3.05) is 19.1 Å². The smallest absolute Gasteiger partial charge is 0.223 e. The van der Waals surface area contributed by atoms with Gasteiger partial charge in [0.1, 0.15) is 23.4 Å². The Morgan fingerprint density at radius 2 is 1.71 bits per heavy atom. The van der Waals surface area contributed by atoms with Gasteiger partial charge < -0.3 is 14.6 Å². The van der Waals surface area contributed by atoms with E-state index in [0.29, 0.717) is 23.6 Å². The summed E-state index contributed by atoms with van der Waals surface area (Å²) in [6, 6.07) is 11.6. The fourth-order valence-electron chi connectivity index (χ4n) is 3.37. The molecule has 0 spiro atoms. The molecule has 0 amide bonds. The molecule has 1 unspecified atom stereocenters. The van der Waals surface area contributed by atoms with Crippen LogP contribution in [0.1, 0.15) is 26.2 Å². The van der Waals surface area contributed by atoms with Crippen molar-refractivity contribution in [2.45, 2.75) is 37.2 Å². The standard InChI is InChI=1S/C22H25BrN2O5S/c1-4-5-9-19-24-20(31(27,28)16-12-10-15(23)11-13-16)14-21(26)25(19)22-17(29-2)7-6-8-18(22)30-3/h6-8,10-14,19,26H,4-5,9H2,1-3H3. The molecule has 0 saturated carbocycles. The van der Waals surface area contributed by atoms with Gasteiger partial charge in [-0.15, -0.1) is 0 Å². The molecule has 1 atom stereocenters. The molecule has 1 aliphatic rings. The third-order valence-electron chi connectivity index (χ3n) is 4.93. The molecular formula is C22H25BrN2O5S. The Morgan fingerprint density at radius 3 is 2.26 bits per heavy atom. The van der Waals surface area contributed by atoms with Gasteiger partial charge in [0, 0.05) is 10.5 Å². The average molecular weight is 509 g/mol. The molecule has 1 aliphatic heterocycles. The van der Waals surface area contributed by atoms with E-state index < -0.39 is 16.0 Å². The van der Waals surface area contributed by atoms with Crippen LogP contribution in [0.25, 0.3) is 0 Å². The van der Waals surface area contributed by atoms with E-state index in [2.05, 4.69) is 20.9 Å². The summed E-state index contributed by atoms with van der Waals surface area (Å²) in [5, 5.41) is 10.8. The van der Waals surface area contributed by atoms with Gasteiger partial charge >= 0.3 is 0 Å². The van der Waals surface area contributed by atoms with Crippen LogP contribution in [0, 0.1) is 0 Å². The third-order valence-corrected chi connectivity index (χ3v) is 7.13. The monoisotopic (exact) mass is 508 g/mol. The molecule has 9 heteroatoms. The number of halogens is 1. The van der Waals surface area contributed by atoms with Crippen molar-refractivity contribution in [1.29, 1.82) is 0 Å². The summed E-state index contributed by atoms with van der Waals surface area (Å²) in [6.45, 7) is 2.04. The zero-order chi connectivity index (χ0) is 22.6.